The molecular weight excluding hydrogens is 448 g/mol. The molecule has 3 aliphatic rings. The fourth-order valence-electron chi connectivity index (χ4n) is 6.89. The predicted octanol–water partition coefficient (Wildman–Crippen LogP) is 4.08. The summed E-state index contributed by atoms with van der Waals surface area (Å²) >= 11 is 0. The second-order valence-corrected chi connectivity index (χ2v) is 11.7. The van der Waals surface area contributed by atoms with E-state index in [1.807, 2.05) is 11.9 Å². The number of carbonyl (C=O) groups excluding carboxylic acids is 2. The Morgan fingerprint density at radius 2 is 1.78 bits per heavy atom. The molecular formula is C30H48N4O2. The lowest BCUT2D eigenvalue weighted by atomic mass is 9.67. The highest BCUT2D eigenvalue weighted by molar-refractivity contribution is 5.90. The second kappa shape index (κ2) is 12.6. The Morgan fingerprint density at radius 3 is 2.47 bits per heavy atom. The van der Waals surface area contributed by atoms with Crippen LogP contribution in [0.15, 0.2) is 24.3 Å². The van der Waals surface area contributed by atoms with Gasteiger partial charge in [-0.3, -0.25) is 9.59 Å². The van der Waals surface area contributed by atoms with Crippen molar-refractivity contribution < 1.29 is 9.59 Å². The highest BCUT2D eigenvalue weighted by Gasteiger charge is 2.49. The molecule has 2 amide bonds. The number of fused-ring (bicyclic) bond motifs is 2. The van der Waals surface area contributed by atoms with Gasteiger partial charge in [-0.1, -0.05) is 38.1 Å². The number of likely N-dealkylation sites (tertiary alicyclic amines) is 1. The number of amides is 2. The summed E-state index contributed by atoms with van der Waals surface area (Å²) in [6, 6.07) is 9.26. The molecule has 0 unspecified atom stereocenters. The summed E-state index contributed by atoms with van der Waals surface area (Å²) in [5.74, 6) is 2.03. The van der Waals surface area contributed by atoms with Crippen LogP contribution in [0.1, 0.15) is 82.8 Å². The zero-order chi connectivity index (χ0) is 25.5. The zero-order valence-electron chi connectivity index (χ0n) is 22.9. The Kier molecular flexibility index (Phi) is 9.46. The fraction of sp³-hybridized carbons (Fsp3) is 0.733. The molecule has 2 fully saturated rings. The van der Waals surface area contributed by atoms with Gasteiger partial charge in [0.05, 0.1) is 5.41 Å². The van der Waals surface area contributed by atoms with E-state index in [0.717, 1.165) is 57.2 Å². The van der Waals surface area contributed by atoms with Crippen molar-refractivity contribution in [3.63, 3.8) is 0 Å². The number of rotatable bonds is 10. The summed E-state index contributed by atoms with van der Waals surface area (Å²) in [6.45, 7) is 9.45. The maximum Gasteiger partial charge on any atom is 0.233 e. The van der Waals surface area contributed by atoms with Gasteiger partial charge in [-0.05, 0) is 101 Å². The molecule has 200 valence electrons. The molecule has 36 heavy (non-hydrogen) atoms. The summed E-state index contributed by atoms with van der Waals surface area (Å²) in [6.07, 6.45) is 9.56. The van der Waals surface area contributed by atoms with Gasteiger partial charge in [0.15, 0.2) is 0 Å². The monoisotopic (exact) mass is 496 g/mol. The fourth-order valence-corrected chi connectivity index (χ4v) is 6.89. The lowest BCUT2D eigenvalue weighted by Gasteiger charge is -2.49. The van der Waals surface area contributed by atoms with Gasteiger partial charge in [0.2, 0.25) is 11.8 Å². The van der Waals surface area contributed by atoms with Gasteiger partial charge in [-0.15, -0.1) is 0 Å². The van der Waals surface area contributed by atoms with Crippen LogP contribution in [0, 0.1) is 11.8 Å². The van der Waals surface area contributed by atoms with E-state index in [4.69, 9.17) is 0 Å². The predicted molar refractivity (Wildman–Crippen MR) is 146 cm³/mol. The van der Waals surface area contributed by atoms with Gasteiger partial charge in [0.1, 0.15) is 0 Å². The van der Waals surface area contributed by atoms with E-state index >= 15 is 0 Å². The third-order valence-electron chi connectivity index (χ3n) is 9.23. The van der Waals surface area contributed by atoms with E-state index in [9.17, 15) is 9.59 Å². The Hall–Kier alpha value is -1.92. The molecule has 0 atom stereocenters. The van der Waals surface area contributed by atoms with Crippen LogP contribution in [0.5, 0.6) is 0 Å². The van der Waals surface area contributed by atoms with Crippen LogP contribution in [-0.2, 0) is 21.5 Å². The Bertz CT molecular complexity index is 869. The quantitative estimate of drug-likeness (QED) is 0.479. The van der Waals surface area contributed by atoms with Crippen LogP contribution in [-0.4, -0.2) is 67.4 Å². The minimum Gasteiger partial charge on any atom is -0.354 e. The summed E-state index contributed by atoms with van der Waals surface area (Å²) < 4.78 is 0. The number of hydrogen-bond acceptors (Lipinski definition) is 4. The highest BCUT2D eigenvalue weighted by Crippen LogP contribution is 2.44. The van der Waals surface area contributed by atoms with Gasteiger partial charge in [-0.25, -0.2) is 0 Å². The minimum absolute atomic E-state index is 0.0890. The molecule has 1 aromatic rings. The SMILES string of the molecule is CNCCCCC(=O)NCCN1Cc2ccccc2C2(CCN(C3CCC(C(C)C)CC3)CC2)C1=O. The Morgan fingerprint density at radius 1 is 1.06 bits per heavy atom. The van der Waals surface area contributed by atoms with Crippen molar-refractivity contribution >= 4 is 11.8 Å². The highest BCUT2D eigenvalue weighted by atomic mass is 16.2. The van der Waals surface area contributed by atoms with Crippen LogP contribution >= 0.6 is 0 Å². The van der Waals surface area contributed by atoms with Crippen molar-refractivity contribution in [2.24, 2.45) is 11.8 Å². The molecule has 1 spiro atoms. The van der Waals surface area contributed by atoms with Crippen molar-refractivity contribution in [3.05, 3.63) is 35.4 Å². The van der Waals surface area contributed by atoms with Crippen LogP contribution in [0.3, 0.4) is 0 Å². The third-order valence-corrected chi connectivity index (χ3v) is 9.23. The van der Waals surface area contributed by atoms with Crippen molar-refractivity contribution in [3.8, 4) is 0 Å². The van der Waals surface area contributed by atoms with Crippen molar-refractivity contribution in [2.75, 3.05) is 39.8 Å². The zero-order valence-corrected chi connectivity index (χ0v) is 22.9. The van der Waals surface area contributed by atoms with Crippen LogP contribution in [0.4, 0.5) is 0 Å². The first kappa shape index (κ1) is 27.1. The van der Waals surface area contributed by atoms with Crippen LogP contribution in [0.2, 0.25) is 0 Å². The van der Waals surface area contributed by atoms with Crippen LogP contribution in [0.25, 0.3) is 0 Å². The summed E-state index contributed by atoms with van der Waals surface area (Å²) in [5.41, 5.74) is 2.13. The maximum atomic E-state index is 14.0. The number of nitrogens with zero attached hydrogens (tertiary/aromatic N) is 2. The molecule has 2 N–H and O–H groups in total. The normalized spacial score (nSPS) is 24.2. The summed E-state index contributed by atoms with van der Waals surface area (Å²) in [7, 11) is 1.93. The molecule has 4 rings (SSSR count). The molecule has 6 nitrogen and oxygen atoms in total. The number of benzene rings is 1. The van der Waals surface area contributed by atoms with Gasteiger partial charge in [0, 0.05) is 32.1 Å². The number of piperidine rings is 1. The first-order chi connectivity index (χ1) is 17.4. The van der Waals surface area contributed by atoms with E-state index in [-0.39, 0.29) is 11.8 Å². The number of carbonyl (C=O) groups is 2. The molecule has 1 saturated carbocycles. The Labute approximate surface area is 218 Å². The summed E-state index contributed by atoms with van der Waals surface area (Å²) in [4.78, 5) is 30.9. The molecule has 0 aromatic heterocycles. The average molecular weight is 497 g/mol. The smallest absolute Gasteiger partial charge is 0.233 e. The van der Waals surface area contributed by atoms with Crippen LogP contribution < -0.4 is 10.6 Å². The Balaban J connectivity index is 1.35. The lowest BCUT2D eigenvalue weighted by Crippen LogP contribution is -2.58. The van der Waals surface area contributed by atoms with Gasteiger partial charge >= 0.3 is 0 Å². The van der Waals surface area contributed by atoms with Gasteiger partial charge in [0.25, 0.3) is 0 Å². The lowest BCUT2D eigenvalue weighted by molar-refractivity contribution is -0.142. The van der Waals surface area contributed by atoms with Crippen molar-refractivity contribution in [2.45, 2.75) is 89.6 Å². The molecule has 2 aliphatic heterocycles. The van der Waals surface area contributed by atoms with E-state index in [0.29, 0.717) is 32.1 Å². The number of hydrogen-bond donors (Lipinski definition) is 2. The topological polar surface area (TPSA) is 64.7 Å². The molecule has 1 aromatic carbocycles. The first-order valence-corrected chi connectivity index (χ1v) is 14.5. The molecule has 0 radical (unpaired) electrons. The molecule has 2 heterocycles. The van der Waals surface area contributed by atoms with Crippen molar-refractivity contribution in [1.29, 1.82) is 0 Å². The molecule has 1 saturated heterocycles. The first-order valence-electron chi connectivity index (χ1n) is 14.5. The summed E-state index contributed by atoms with van der Waals surface area (Å²) in [5, 5.41) is 6.16. The van der Waals surface area contributed by atoms with E-state index in [1.165, 1.54) is 36.8 Å². The van der Waals surface area contributed by atoms with Gasteiger partial charge in [-0.2, -0.15) is 0 Å². The largest absolute Gasteiger partial charge is 0.354 e. The third kappa shape index (κ3) is 6.13. The van der Waals surface area contributed by atoms with Gasteiger partial charge < -0.3 is 20.4 Å². The minimum atomic E-state index is -0.405. The van der Waals surface area contributed by atoms with Crippen molar-refractivity contribution in [1.82, 2.24) is 20.4 Å². The number of unbranched alkanes of at least 4 members (excludes halogenated alkanes) is 1. The number of nitrogens with one attached hydrogen (secondary N) is 2. The maximum absolute atomic E-state index is 14.0. The average Bonchev–Trinajstić information content (AvgIpc) is 2.90. The van der Waals surface area contributed by atoms with E-state index in [1.54, 1.807) is 0 Å². The van der Waals surface area contributed by atoms with E-state index < -0.39 is 5.41 Å². The van der Waals surface area contributed by atoms with E-state index in [2.05, 4.69) is 53.6 Å². The molecule has 0 bridgehead atoms. The standard InChI is InChI=1S/C30H48N4O2/c1-23(2)24-11-13-26(14-12-24)33-19-15-30(16-20-33)27-9-5-4-8-25(27)22-34(29(30)36)21-18-32-28(35)10-6-7-17-31-3/h4-5,8-9,23-24,26,31H,6-7,10-22H2,1-3H3,(H,32,35). The molecule has 1 aliphatic carbocycles. The molecule has 6 heteroatoms. The second-order valence-electron chi connectivity index (χ2n) is 11.7.